The topological polar surface area (TPSA) is 102 Å². The average molecular weight is 533 g/mol. The van der Waals surface area contributed by atoms with Crippen LogP contribution >= 0.6 is 0 Å². The molecule has 4 rings (SSSR count). The second-order valence-electron chi connectivity index (χ2n) is 11.0. The van der Waals surface area contributed by atoms with E-state index in [4.69, 9.17) is 5.26 Å². The largest absolute Gasteiger partial charge is 0.353 e. The molecule has 8 heteroatoms. The van der Waals surface area contributed by atoms with Crippen LogP contribution in [0.1, 0.15) is 74.4 Å². The summed E-state index contributed by atoms with van der Waals surface area (Å²) < 4.78 is 14.6. The number of anilines is 1. The monoisotopic (exact) mass is 532 g/mol. The molecule has 39 heavy (non-hydrogen) atoms. The van der Waals surface area contributed by atoms with Crippen molar-refractivity contribution in [2.24, 2.45) is 17.8 Å². The zero-order chi connectivity index (χ0) is 28.3. The van der Waals surface area contributed by atoms with Gasteiger partial charge in [-0.1, -0.05) is 25.8 Å². The minimum Gasteiger partial charge on any atom is -0.353 e. The lowest BCUT2D eigenvalue weighted by Gasteiger charge is -2.32. The van der Waals surface area contributed by atoms with Gasteiger partial charge in [-0.3, -0.25) is 14.4 Å². The first kappa shape index (κ1) is 28.3. The summed E-state index contributed by atoms with van der Waals surface area (Å²) in [5, 5.41) is 15.0. The van der Waals surface area contributed by atoms with Gasteiger partial charge in [0.05, 0.1) is 11.5 Å². The van der Waals surface area contributed by atoms with Crippen molar-refractivity contribution in [1.82, 2.24) is 10.6 Å². The molecular weight excluding hydrogens is 495 g/mol. The fourth-order valence-electron chi connectivity index (χ4n) is 5.99. The van der Waals surface area contributed by atoms with Crippen LogP contribution in [0.5, 0.6) is 0 Å². The zero-order valence-corrected chi connectivity index (χ0v) is 23.1. The molecule has 1 saturated carbocycles. The Morgan fingerprint density at radius 1 is 1.15 bits per heavy atom. The van der Waals surface area contributed by atoms with E-state index >= 15 is 0 Å². The number of carbonyl (C=O) groups is 3. The molecule has 2 aromatic carbocycles. The molecule has 1 aliphatic heterocycles. The number of hydrogen-bond donors (Lipinski definition) is 2. The highest BCUT2D eigenvalue weighted by molar-refractivity contribution is 6.02. The molecule has 0 spiro atoms. The van der Waals surface area contributed by atoms with Gasteiger partial charge in [-0.25, -0.2) is 4.39 Å². The van der Waals surface area contributed by atoms with Crippen LogP contribution < -0.4 is 15.5 Å². The predicted molar refractivity (Wildman–Crippen MR) is 148 cm³/mol. The van der Waals surface area contributed by atoms with Crippen molar-refractivity contribution in [1.29, 1.82) is 5.26 Å². The summed E-state index contributed by atoms with van der Waals surface area (Å²) in [6, 6.07) is 9.77. The summed E-state index contributed by atoms with van der Waals surface area (Å²) in [6.45, 7) is 8.34. The van der Waals surface area contributed by atoms with E-state index < -0.39 is 5.82 Å². The van der Waals surface area contributed by atoms with Gasteiger partial charge in [0.1, 0.15) is 11.9 Å². The van der Waals surface area contributed by atoms with Crippen molar-refractivity contribution >= 4 is 23.4 Å². The molecule has 3 unspecified atom stereocenters. The Hall–Kier alpha value is -3.73. The lowest BCUT2D eigenvalue weighted by atomic mass is 9.84. The van der Waals surface area contributed by atoms with Crippen molar-refractivity contribution in [2.45, 2.75) is 65.8 Å². The molecule has 2 N–H and O–H groups in total. The van der Waals surface area contributed by atoms with Gasteiger partial charge in [0.2, 0.25) is 11.8 Å². The van der Waals surface area contributed by atoms with E-state index in [1.165, 1.54) is 12.1 Å². The Labute approximate surface area is 229 Å². The zero-order valence-electron chi connectivity index (χ0n) is 23.1. The number of piperidine rings is 1. The van der Waals surface area contributed by atoms with Gasteiger partial charge in [-0.15, -0.1) is 0 Å². The predicted octanol–water partition coefficient (Wildman–Crippen LogP) is 5.11. The molecule has 1 saturated heterocycles. The van der Waals surface area contributed by atoms with Gasteiger partial charge >= 0.3 is 0 Å². The fraction of sp³-hybridized carbons (Fsp3) is 0.484. The number of benzene rings is 2. The molecule has 0 aromatic heterocycles. The number of rotatable bonds is 7. The SMILES string of the molecule is CCN(C(=O)C1CCCC1)c1cc(-c2ccc(C#N)c(F)c2)cc(C(=O)NCC2C(=O)NC(C)CC2C)c1C. The third-order valence-corrected chi connectivity index (χ3v) is 8.25. The average Bonchev–Trinajstić information content (AvgIpc) is 3.44. The maximum Gasteiger partial charge on any atom is 0.251 e. The molecule has 3 amide bonds. The highest BCUT2D eigenvalue weighted by Gasteiger charge is 2.33. The maximum absolute atomic E-state index is 14.6. The number of amides is 3. The number of nitrogens with one attached hydrogen (secondary N) is 2. The quantitative estimate of drug-likeness (QED) is 0.518. The van der Waals surface area contributed by atoms with E-state index in [1.54, 1.807) is 17.0 Å². The molecule has 1 heterocycles. The van der Waals surface area contributed by atoms with Crippen LogP contribution in [0.4, 0.5) is 10.1 Å². The second-order valence-corrected chi connectivity index (χ2v) is 11.0. The minimum absolute atomic E-state index is 0.0365. The number of hydrogen-bond acceptors (Lipinski definition) is 4. The Kier molecular flexibility index (Phi) is 8.69. The smallest absolute Gasteiger partial charge is 0.251 e. The maximum atomic E-state index is 14.6. The van der Waals surface area contributed by atoms with Crippen LogP contribution in [-0.4, -0.2) is 36.9 Å². The van der Waals surface area contributed by atoms with Crippen molar-refractivity contribution in [3.63, 3.8) is 0 Å². The van der Waals surface area contributed by atoms with Crippen molar-refractivity contribution < 1.29 is 18.8 Å². The van der Waals surface area contributed by atoms with E-state index in [9.17, 15) is 18.8 Å². The third kappa shape index (κ3) is 5.98. The van der Waals surface area contributed by atoms with E-state index in [0.717, 1.165) is 32.1 Å². The van der Waals surface area contributed by atoms with Crippen LogP contribution in [0.25, 0.3) is 11.1 Å². The first-order valence-electron chi connectivity index (χ1n) is 13.9. The molecule has 2 fully saturated rings. The van der Waals surface area contributed by atoms with Gasteiger partial charge in [0, 0.05) is 36.3 Å². The molecule has 1 aliphatic carbocycles. The lowest BCUT2D eigenvalue weighted by Crippen LogP contribution is -2.50. The van der Waals surface area contributed by atoms with E-state index in [2.05, 4.69) is 10.6 Å². The van der Waals surface area contributed by atoms with E-state index in [0.29, 0.717) is 34.5 Å². The minimum atomic E-state index is -0.649. The lowest BCUT2D eigenvalue weighted by molar-refractivity contribution is -0.129. The van der Waals surface area contributed by atoms with Gasteiger partial charge < -0.3 is 15.5 Å². The molecule has 2 aromatic rings. The second kappa shape index (κ2) is 12.0. The van der Waals surface area contributed by atoms with Crippen molar-refractivity contribution in [2.75, 3.05) is 18.0 Å². The Morgan fingerprint density at radius 2 is 1.87 bits per heavy atom. The Morgan fingerprint density at radius 3 is 2.49 bits per heavy atom. The molecule has 3 atom stereocenters. The van der Waals surface area contributed by atoms with Crippen LogP contribution in [0.2, 0.25) is 0 Å². The van der Waals surface area contributed by atoms with Crippen LogP contribution in [0.3, 0.4) is 0 Å². The highest BCUT2D eigenvalue weighted by atomic mass is 19.1. The number of nitriles is 1. The van der Waals surface area contributed by atoms with Crippen LogP contribution in [0.15, 0.2) is 30.3 Å². The molecular formula is C31H37FN4O3. The highest BCUT2D eigenvalue weighted by Crippen LogP contribution is 2.35. The van der Waals surface area contributed by atoms with Crippen molar-refractivity contribution in [3.05, 3.63) is 52.8 Å². The Balaban J connectivity index is 1.72. The molecule has 0 radical (unpaired) electrons. The van der Waals surface area contributed by atoms with Gasteiger partial charge in [-0.2, -0.15) is 5.26 Å². The summed E-state index contributed by atoms with van der Waals surface area (Å²) >= 11 is 0. The van der Waals surface area contributed by atoms with E-state index in [-0.39, 0.29) is 53.6 Å². The summed E-state index contributed by atoms with van der Waals surface area (Å²) in [6.07, 6.45) is 4.59. The molecule has 206 valence electrons. The Bertz CT molecular complexity index is 1310. The first-order chi connectivity index (χ1) is 18.6. The van der Waals surface area contributed by atoms with Crippen molar-refractivity contribution in [3.8, 4) is 17.2 Å². The number of carbonyl (C=O) groups excluding carboxylic acids is 3. The van der Waals surface area contributed by atoms with Gasteiger partial charge in [-0.05, 0) is 86.9 Å². The molecule has 0 bridgehead atoms. The summed E-state index contributed by atoms with van der Waals surface area (Å²) in [7, 11) is 0. The van der Waals surface area contributed by atoms with Gasteiger partial charge in [0.15, 0.2) is 0 Å². The summed E-state index contributed by atoms with van der Waals surface area (Å²) in [5.41, 5.74) is 2.62. The summed E-state index contributed by atoms with van der Waals surface area (Å²) in [5.74, 6) is -1.30. The van der Waals surface area contributed by atoms with E-state index in [1.807, 2.05) is 39.8 Å². The third-order valence-electron chi connectivity index (χ3n) is 8.25. The number of halogens is 1. The standard InChI is InChI=1S/C31H37FN4O3/c1-5-36(31(39)21-8-6-7-9-21)28-15-24(22-10-11-23(16-33)27(32)14-22)13-25(20(28)4)29(37)34-17-26-18(2)12-19(3)35-30(26)38/h10-11,13-15,18-19,21,26H,5-9,12,17H2,1-4H3,(H,34,37)(H,35,38). The van der Waals surface area contributed by atoms with Gasteiger partial charge in [0.25, 0.3) is 5.91 Å². The molecule has 7 nitrogen and oxygen atoms in total. The summed E-state index contributed by atoms with van der Waals surface area (Å²) in [4.78, 5) is 41.4. The first-order valence-corrected chi connectivity index (χ1v) is 13.9. The van der Waals surface area contributed by atoms with Crippen LogP contribution in [-0.2, 0) is 9.59 Å². The normalized spacial score (nSPS) is 21.2. The fourth-order valence-corrected chi connectivity index (χ4v) is 5.99. The number of nitrogens with zero attached hydrogens (tertiary/aromatic N) is 2. The van der Waals surface area contributed by atoms with Crippen LogP contribution in [0, 0.1) is 41.8 Å². The molecule has 2 aliphatic rings.